The molecule has 0 aliphatic heterocycles. The molecule has 0 fully saturated rings. The van der Waals surface area contributed by atoms with Crippen LogP contribution in [0.1, 0.15) is 18.1 Å². The minimum Gasteiger partial charge on any atom is -0.440 e. The van der Waals surface area contributed by atoms with Crippen molar-refractivity contribution in [2.24, 2.45) is 0 Å². The van der Waals surface area contributed by atoms with Crippen LogP contribution >= 0.6 is 23.2 Å². The van der Waals surface area contributed by atoms with E-state index in [1.54, 1.807) is 24.3 Å². The van der Waals surface area contributed by atoms with Crippen LogP contribution in [0.5, 0.6) is 0 Å². The zero-order chi connectivity index (χ0) is 21.3. The molecule has 1 aromatic heterocycles. The first-order valence-corrected chi connectivity index (χ1v) is 10.4. The number of benzene rings is 3. The molecule has 0 aliphatic rings. The number of aryl methyl sites for hydroxylation is 2. The fraction of sp³-hybridized carbons (Fsp3) is 0.125. The van der Waals surface area contributed by atoms with Crippen LogP contribution in [0.4, 0.5) is 16.4 Å². The average Bonchev–Trinajstić information content (AvgIpc) is 3.06. The number of hydrogen-bond donors (Lipinski definition) is 2. The second kappa shape index (κ2) is 8.42. The standard InChI is InChI=1S/C24H20Cl2N2O2/c1-3-15-8-6-7-14(2)22(15)27-24(29)28-23-21(17-9-4-5-10-19(17)26)18-13-16(25)11-12-20(18)30-23/h4-13H,3H2,1-2H3,(H2,27,28,29). The average molecular weight is 439 g/mol. The summed E-state index contributed by atoms with van der Waals surface area (Å²) in [6.07, 6.45) is 0.811. The predicted molar refractivity (Wildman–Crippen MR) is 125 cm³/mol. The van der Waals surface area contributed by atoms with Crippen LogP contribution in [0.2, 0.25) is 10.0 Å². The summed E-state index contributed by atoms with van der Waals surface area (Å²) >= 11 is 12.7. The van der Waals surface area contributed by atoms with Gasteiger partial charge in [0.2, 0.25) is 5.88 Å². The maximum Gasteiger partial charge on any atom is 0.326 e. The first-order chi connectivity index (χ1) is 14.5. The molecule has 0 saturated heterocycles. The van der Waals surface area contributed by atoms with Gasteiger partial charge in [0.05, 0.1) is 5.56 Å². The molecule has 0 saturated carbocycles. The lowest BCUT2D eigenvalue weighted by molar-refractivity contribution is 0.261. The topological polar surface area (TPSA) is 54.3 Å². The molecule has 152 valence electrons. The maximum absolute atomic E-state index is 12.9. The smallest absolute Gasteiger partial charge is 0.326 e. The lowest BCUT2D eigenvalue weighted by Gasteiger charge is -2.13. The van der Waals surface area contributed by atoms with E-state index in [4.69, 9.17) is 27.6 Å². The molecule has 0 bridgehead atoms. The molecule has 0 radical (unpaired) electrons. The van der Waals surface area contributed by atoms with Crippen LogP contribution in [-0.2, 0) is 6.42 Å². The SMILES string of the molecule is CCc1cccc(C)c1NC(=O)Nc1oc2ccc(Cl)cc2c1-c1ccccc1Cl. The molecular formula is C24H20Cl2N2O2. The van der Waals surface area contributed by atoms with Crippen LogP contribution in [0, 0.1) is 6.92 Å². The Labute approximate surface area is 184 Å². The number of carbonyl (C=O) groups excluding carboxylic acids is 1. The normalized spacial score (nSPS) is 10.9. The molecule has 4 rings (SSSR count). The van der Waals surface area contributed by atoms with Gasteiger partial charge in [0.1, 0.15) is 5.58 Å². The number of furan rings is 1. The van der Waals surface area contributed by atoms with Crippen molar-refractivity contribution in [1.29, 1.82) is 0 Å². The minimum absolute atomic E-state index is 0.310. The highest BCUT2D eigenvalue weighted by Gasteiger charge is 2.21. The van der Waals surface area contributed by atoms with E-state index in [2.05, 4.69) is 17.6 Å². The third kappa shape index (κ3) is 3.89. The number of fused-ring (bicyclic) bond motifs is 1. The molecule has 6 heteroatoms. The molecule has 3 aromatic carbocycles. The summed E-state index contributed by atoms with van der Waals surface area (Å²) in [6.45, 7) is 4.02. The number of carbonyl (C=O) groups is 1. The fourth-order valence-electron chi connectivity index (χ4n) is 3.54. The first kappa shape index (κ1) is 20.3. The largest absolute Gasteiger partial charge is 0.440 e. The molecule has 30 heavy (non-hydrogen) atoms. The highest BCUT2D eigenvalue weighted by atomic mass is 35.5. The Morgan fingerprint density at radius 3 is 2.57 bits per heavy atom. The number of rotatable bonds is 4. The van der Waals surface area contributed by atoms with E-state index in [1.807, 2.05) is 43.3 Å². The van der Waals surface area contributed by atoms with Gasteiger partial charge in [0, 0.05) is 26.7 Å². The zero-order valence-electron chi connectivity index (χ0n) is 16.6. The Morgan fingerprint density at radius 1 is 1.00 bits per heavy atom. The Bertz CT molecular complexity index is 1250. The van der Waals surface area contributed by atoms with Crippen molar-refractivity contribution in [2.45, 2.75) is 20.3 Å². The molecule has 4 nitrogen and oxygen atoms in total. The summed E-state index contributed by atoms with van der Waals surface area (Å²) < 4.78 is 5.97. The van der Waals surface area contributed by atoms with Crippen LogP contribution < -0.4 is 10.6 Å². The molecule has 0 spiro atoms. The van der Waals surface area contributed by atoms with Gasteiger partial charge in [-0.05, 0) is 48.7 Å². The van der Waals surface area contributed by atoms with E-state index in [-0.39, 0.29) is 0 Å². The molecule has 4 aromatic rings. The van der Waals surface area contributed by atoms with E-state index < -0.39 is 6.03 Å². The van der Waals surface area contributed by atoms with Crippen LogP contribution in [0.25, 0.3) is 22.1 Å². The van der Waals surface area contributed by atoms with Gasteiger partial charge in [-0.1, -0.05) is 66.5 Å². The van der Waals surface area contributed by atoms with E-state index in [0.29, 0.717) is 27.1 Å². The molecule has 2 amide bonds. The number of para-hydroxylation sites is 1. The van der Waals surface area contributed by atoms with Gasteiger partial charge in [-0.3, -0.25) is 5.32 Å². The maximum atomic E-state index is 12.9. The van der Waals surface area contributed by atoms with E-state index in [9.17, 15) is 4.79 Å². The van der Waals surface area contributed by atoms with Crippen molar-refractivity contribution in [3.8, 4) is 11.1 Å². The monoisotopic (exact) mass is 438 g/mol. The predicted octanol–water partition coefficient (Wildman–Crippen LogP) is 7.92. The van der Waals surface area contributed by atoms with Gasteiger partial charge in [-0.25, -0.2) is 4.79 Å². The summed E-state index contributed by atoms with van der Waals surface area (Å²) in [5.74, 6) is 0.310. The number of amides is 2. The van der Waals surface area contributed by atoms with Gasteiger partial charge >= 0.3 is 6.03 Å². The van der Waals surface area contributed by atoms with Crippen LogP contribution in [0.3, 0.4) is 0 Å². The lowest BCUT2D eigenvalue weighted by Crippen LogP contribution is -2.21. The summed E-state index contributed by atoms with van der Waals surface area (Å²) in [5.41, 5.74) is 4.90. The number of hydrogen-bond acceptors (Lipinski definition) is 2. The van der Waals surface area contributed by atoms with Gasteiger partial charge in [0.25, 0.3) is 0 Å². The minimum atomic E-state index is -0.391. The third-order valence-corrected chi connectivity index (χ3v) is 5.56. The van der Waals surface area contributed by atoms with Gasteiger partial charge in [-0.15, -0.1) is 0 Å². The second-order valence-corrected chi connectivity index (χ2v) is 7.81. The van der Waals surface area contributed by atoms with Gasteiger partial charge < -0.3 is 9.73 Å². The summed E-state index contributed by atoms with van der Waals surface area (Å²) in [7, 11) is 0. The van der Waals surface area contributed by atoms with Crippen molar-refractivity contribution < 1.29 is 9.21 Å². The fourth-order valence-corrected chi connectivity index (χ4v) is 3.94. The molecule has 0 unspecified atom stereocenters. The molecule has 1 heterocycles. The molecular weight excluding hydrogens is 419 g/mol. The molecule has 0 aliphatic carbocycles. The number of halogens is 2. The molecule has 2 N–H and O–H groups in total. The third-order valence-electron chi connectivity index (χ3n) is 5.00. The van der Waals surface area contributed by atoms with Crippen molar-refractivity contribution >= 4 is 51.8 Å². The highest BCUT2D eigenvalue weighted by Crippen LogP contribution is 2.42. The Kier molecular flexibility index (Phi) is 5.71. The second-order valence-electron chi connectivity index (χ2n) is 6.97. The molecule has 0 atom stereocenters. The number of nitrogens with one attached hydrogen (secondary N) is 2. The summed E-state index contributed by atoms with van der Waals surface area (Å²) in [6, 6.07) is 18.3. The van der Waals surface area contributed by atoms with Gasteiger partial charge in [0.15, 0.2) is 0 Å². The number of urea groups is 1. The Hall–Kier alpha value is -2.95. The first-order valence-electron chi connectivity index (χ1n) is 9.61. The van der Waals surface area contributed by atoms with E-state index in [1.165, 1.54) is 0 Å². The number of anilines is 2. The quantitative estimate of drug-likeness (QED) is 0.339. The van der Waals surface area contributed by atoms with E-state index in [0.717, 1.165) is 34.2 Å². The highest BCUT2D eigenvalue weighted by molar-refractivity contribution is 6.34. The summed E-state index contributed by atoms with van der Waals surface area (Å²) in [5, 5.41) is 7.71. The van der Waals surface area contributed by atoms with Gasteiger partial charge in [-0.2, -0.15) is 0 Å². The Balaban J connectivity index is 1.76. The zero-order valence-corrected chi connectivity index (χ0v) is 18.1. The van der Waals surface area contributed by atoms with Crippen molar-refractivity contribution in [3.05, 3.63) is 81.8 Å². The Morgan fingerprint density at radius 2 is 1.80 bits per heavy atom. The summed E-state index contributed by atoms with van der Waals surface area (Å²) in [4.78, 5) is 12.9. The van der Waals surface area contributed by atoms with Crippen molar-refractivity contribution in [2.75, 3.05) is 10.6 Å². The lowest BCUT2D eigenvalue weighted by atomic mass is 10.0. The van der Waals surface area contributed by atoms with E-state index >= 15 is 0 Å². The van der Waals surface area contributed by atoms with Crippen molar-refractivity contribution in [1.82, 2.24) is 0 Å². The van der Waals surface area contributed by atoms with Crippen molar-refractivity contribution in [3.63, 3.8) is 0 Å². The van der Waals surface area contributed by atoms with Crippen LogP contribution in [0.15, 0.2) is 65.1 Å². The van der Waals surface area contributed by atoms with Crippen LogP contribution in [-0.4, -0.2) is 6.03 Å².